The summed E-state index contributed by atoms with van der Waals surface area (Å²) in [5.74, 6) is 0.726. The van der Waals surface area contributed by atoms with Crippen molar-refractivity contribution in [1.29, 1.82) is 0 Å². The number of hydrogen-bond acceptors (Lipinski definition) is 5. The Kier molecular flexibility index (Phi) is 6.46. The highest BCUT2D eigenvalue weighted by atomic mass is 16.5. The molecule has 3 rings (SSSR count). The zero-order valence-corrected chi connectivity index (χ0v) is 14.0. The molecule has 132 valence electrons. The summed E-state index contributed by atoms with van der Waals surface area (Å²) in [6.07, 6.45) is 2.37. The van der Waals surface area contributed by atoms with Gasteiger partial charge in [0.05, 0.1) is 19.3 Å². The molecule has 1 N–H and O–H groups in total. The number of amides is 1. The largest absolute Gasteiger partial charge is 0.491 e. The van der Waals surface area contributed by atoms with Gasteiger partial charge in [0.1, 0.15) is 12.4 Å². The third-order valence-electron chi connectivity index (χ3n) is 4.39. The van der Waals surface area contributed by atoms with Crippen LogP contribution in [-0.2, 0) is 9.47 Å². The summed E-state index contributed by atoms with van der Waals surface area (Å²) < 4.78 is 16.6. The molecule has 6 nitrogen and oxygen atoms in total. The van der Waals surface area contributed by atoms with E-state index in [2.05, 4.69) is 10.2 Å². The molecule has 2 heterocycles. The Morgan fingerprint density at radius 1 is 1.21 bits per heavy atom. The van der Waals surface area contributed by atoms with Gasteiger partial charge in [-0.1, -0.05) is 0 Å². The third kappa shape index (κ3) is 5.19. The molecule has 0 aromatic heterocycles. The quantitative estimate of drug-likeness (QED) is 0.815. The van der Waals surface area contributed by atoms with E-state index in [0.717, 1.165) is 58.0 Å². The smallest absolute Gasteiger partial charge is 0.251 e. The van der Waals surface area contributed by atoms with Crippen molar-refractivity contribution >= 4 is 5.91 Å². The van der Waals surface area contributed by atoms with Gasteiger partial charge in [-0.25, -0.2) is 0 Å². The highest BCUT2D eigenvalue weighted by molar-refractivity contribution is 5.94. The van der Waals surface area contributed by atoms with Crippen LogP contribution in [0.25, 0.3) is 0 Å². The molecule has 0 saturated carbocycles. The maximum atomic E-state index is 12.1. The lowest BCUT2D eigenvalue weighted by molar-refractivity contribution is 0.0383. The van der Waals surface area contributed by atoms with Crippen LogP contribution >= 0.6 is 0 Å². The van der Waals surface area contributed by atoms with Crippen LogP contribution in [0.15, 0.2) is 24.3 Å². The maximum Gasteiger partial charge on any atom is 0.251 e. The summed E-state index contributed by atoms with van der Waals surface area (Å²) in [6, 6.07) is 7.28. The molecule has 1 aromatic rings. The van der Waals surface area contributed by atoms with Gasteiger partial charge in [0.2, 0.25) is 0 Å². The first-order chi connectivity index (χ1) is 11.8. The van der Waals surface area contributed by atoms with Crippen molar-refractivity contribution in [2.45, 2.75) is 18.9 Å². The van der Waals surface area contributed by atoms with Crippen LogP contribution < -0.4 is 10.1 Å². The number of rotatable bonds is 7. The molecule has 6 heteroatoms. The maximum absolute atomic E-state index is 12.1. The average Bonchev–Trinajstić information content (AvgIpc) is 3.15. The second-order valence-electron chi connectivity index (χ2n) is 6.18. The lowest BCUT2D eigenvalue weighted by atomic mass is 10.2. The molecule has 1 amide bonds. The molecule has 0 bridgehead atoms. The van der Waals surface area contributed by atoms with Gasteiger partial charge in [0.15, 0.2) is 0 Å². The molecule has 0 radical (unpaired) electrons. The second kappa shape index (κ2) is 9.01. The second-order valence-corrected chi connectivity index (χ2v) is 6.18. The summed E-state index contributed by atoms with van der Waals surface area (Å²) in [6.45, 7) is 6.35. The van der Waals surface area contributed by atoms with Crippen LogP contribution in [0.5, 0.6) is 5.75 Å². The van der Waals surface area contributed by atoms with E-state index in [1.54, 1.807) is 12.1 Å². The fourth-order valence-corrected chi connectivity index (χ4v) is 2.92. The Hall–Kier alpha value is -1.63. The minimum absolute atomic E-state index is 0.0473. The number of carbonyl (C=O) groups excluding carboxylic acids is 1. The molecule has 1 unspecified atom stereocenters. The van der Waals surface area contributed by atoms with Gasteiger partial charge in [-0.05, 0) is 37.1 Å². The van der Waals surface area contributed by atoms with Gasteiger partial charge >= 0.3 is 0 Å². The Bertz CT molecular complexity index is 508. The Balaban J connectivity index is 1.38. The number of benzene rings is 1. The summed E-state index contributed by atoms with van der Waals surface area (Å²) >= 11 is 0. The van der Waals surface area contributed by atoms with Crippen molar-refractivity contribution in [3.05, 3.63) is 29.8 Å². The third-order valence-corrected chi connectivity index (χ3v) is 4.39. The van der Waals surface area contributed by atoms with Crippen LogP contribution in [0.1, 0.15) is 23.2 Å². The molecule has 2 aliphatic heterocycles. The van der Waals surface area contributed by atoms with Crippen molar-refractivity contribution in [3.8, 4) is 5.75 Å². The van der Waals surface area contributed by atoms with Crippen molar-refractivity contribution < 1.29 is 19.0 Å². The number of morpholine rings is 1. The van der Waals surface area contributed by atoms with E-state index in [-0.39, 0.29) is 12.0 Å². The predicted octanol–water partition coefficient (Wildman–Crippen LogP) is 1.31. The van der Waals surface area contributed by atoms with Crippen LogP contribution in [0.3, 0.4) is 0 Å². The van der Waals surface area contributed by atoms with Gasteiger partial charge in [-0.3, -0.25) is 9.69 Å². The summed E-state index contributed by atoms with van der Waals surface area (Å²) in [4.78, 5) is 14.4. The molecule has 0 spiro atoms. The highest BCUT2D eigenvalue weighted by Gasteiger charge is 2.16. The summed E-state index contributed by atoms with van der Waals surface area (Å²) in [5.41, 5.74) is 0.654. The average molecular weight is 334 g/mol. The zero-order chi connectivity index (χ0) is 16.6. The number of nitrogens with zero attached hydrogens (tertiary/aromatic N) is 1. The molecular weight excluding hydrogens is 308 g/mol. The van der Waals surface area contributed by atoms with E-state index in [4.69, 9.17) is 14.2 Å². The summed E-state index contributed by atoms with van der Waals surface area (Å²) in [7, 11) is 0. The minimum Gasteiger partial charge on any atom is -0.491 e. The Morgan fingerprint density at radius 2 is 2.00 bits per heavy atom. The lowest BCUT2D eigenvalue weighted by Gasteiger charge is -2.26. The van der Waals surface area contributed by atoms with E-state index >= 15 is 0 Å². The van der Waals surface area contributed by atoms with E-state index in [1.165, 1.54) is 0 Å². The predicted molar refractivity (Wildman–Crippen MR) is 90.5 cm³/mol. The number of ether oxygens (including phenoxy) is 3. The zero-order valence-electron chi connectivity index (χ0n) is 14.0. The minimum atomic E-state index is -0.0473. The SMILES string of the molecule is O=C(NCCN1CCOCC1)c1ccc(OCC2CCCO2)cc1. The van der Waals surface area contributed by atoms with Gasteiger partial charge in [0, 0.05) is 38.3 Å². The summed E-state index contributed by atoms with van der Waals surface area (Å²) in [5, 5.41) is 2.96. The molecule has 1 aromatic carbocycles. The first kappa shape index (κ1) is 17.2. The number of carbonyl (C=O) groups is 1. The normalized spacial score (nSPS) is 21.6. The van der Waals surface area contributed by atoms with Gasteiger partial charge in [0.25, 0.3) is 5.91 Å². The molecule has 1 atom stereocenters. The van der Waals surface area contributed by atoms with Gasteiger partial charge < -0.3 is 19.5 Å². The molecule has 2 fully saturated rings. The van der Waals surface area contributed by atoms with Crippen molar-refractivity contribution in [2.75, 3.05) is 52.6 Å². The van der Waals surface area contributed by atoms with E-state index in [9.17, 15) is 4.79 Å². The van der Waals surface area contributed by atoms with Crippen molar-refractivity contribution in [1.82, 2.24) is 10.2 Å². The van der Waals surface area contributed by atoms with Gasteiger partial charge in [-0.15, -0.1) is 0 Å². The molecule has 2 saturated heterocycles. The first-order valence-corrected chi connectivity index (χ1v) is 8.74. The van der Waals surface area contributed by atoms with Crippen LogP contribution in [0.4, 0.5) is 0 Å². The van der Waals surface area contributed by atoms with E-state index in [1.807, 2.05) is 12.1 Å². The fourth-order valence-electron chi connectivity index (χ4n) is 2.92. The molecular formula is C18H26N2O4. The molecule has 24 heavy (non-hydrogen) atoms. The molecule has 0 aliphatic carbocycles. The first-order valence-electron chi connectivity index (χ1n) is 8.74. The van der Waals surface area contributed by atoms with Crippen molar-refractivity contribution in [3.63, 3.8) is 0 Å². The Morgan fingerprint density at radius 3 is 2.71 bits per heavy atom. The Labute approximate surface area is 143 Å². The topological polar surface area (TPSA) is 60.0 Å². The number of nitrogens with one attached hydrogen (secondary N) is 1. The monoisotopic (exact) mass is 334 g/mol. The fraction of sp³-hybridized carbons (Fsp3) is 0.611. The standard InChI is InChI=1S/C18H26N2O4/c21-18(19-7-8-20-9-12-22-13-10-20)15-3-5-16(6-4-15)24-14-17-2-1-11-23-17/h3-6,17H,1-2,7-14H2,(H,19,21). The van der Waals surface area contributed by atoms with Gasteiger partial charge in [-0.2, -0.15) is 0 Å². The van der Waals surface area contributed by atoms with Crippen LogP contribution in [0, 0.1) is 0 Å². The van der Waals surface area contributed by atoms with E-state index < -0.39 is 0 Å². The number of hydrogen-bond donors (Lipinski definition) is 1. The molecule has 2 aliphatic rings. The van der Waals surface area contributed by atoms with Crippen molar-refractivity contribution in [2.24, 2.45) is 0 Å². The van der Waals surface area contributed by atoms with Crippen LogP contribution in [-0.4, -0.2) is 69.5 Å². The van der Waals surface area contributed by atoms with Crippen LogP contribution in [0.2, 0.25) is 0 Å². The lowest BCUT2D eigenvalue weighted by Crippen LogP contribution is -2.41. The highest BCUT2D eigenvalue weighted by Crippen LogP contribution is 2.16. The van der Waals surface area contributed by atoms with E-state index in [0.29, 0.717) is 18.7 Å².